The molecule has 1 saturated carbocycles. The molecular formula is C26H28N2O5S. The molecule has 2 N–H and O–H groups in total. The van der Waals surface area contributed by atoms with Gasteiger partial charge in [-0.25, -0.2) is 9.59 Å². The van der Waals surface area contributed by atoms with Crippen molar-refractivity contribution in [3.8, 4) is 11.1 Å². The average Bonchev–Trinajstić information content (AvgIpc) is 3.54. The predicted molar refractivity (Wildman–Crippen MR) is 130 cm³/mol. The highest BCUT2D eigenvalue weighted by Crippen LogP contribution is 2.45. The SMILES string of the molecule is CC1(C(=O)N2CSCC2C(=O)O)CCCC1NC(=O)OCC1c2ccccc2-c2ccccc21. The second-order valence-corrected chi connectivity index (χ2v) is 10.5. The van der Waals surface area contributed by atoms with Gasteiger partial charge in [0.15, 0.2) is 0 Å². The van der Waals surface area contributed by atoms with Crippen LogP contribution in [0.15, 0.2) is 48.5 Å². The number of amides is 2. The first kappa shape index (κ1) is 22.8. The minimum Gasteiger partial charge on any atom is -0.480 e. The van der Waals surface area contributed by atoms with Crippen molar-refractivity contribution in [2.45, 2.75) is 44.2 Å². The number of carboxylic acid groups (broad SMARTS) is 1. The molecule has 2 aliphatic carbocycles. The van der Waals surface area contributed by atoms with Gasteiger partial charge in [-0.3, -0.25) is 4.79 Å². The highest BCUT2D eigenvalue weighted by Gasteiger charge is 2.50. The van der Waals surface area contributed by atoms with E-state index < -0.39 is 29.6 Å². The Morgan fingerprint density at radius 1 is 1.12 bits per heavy atom. The Balaban J connectivity index is 1.26. The summed E-state index contributed by atoms with van der Waals surface area (Å²) in [4.78, 5) is 39.2. The number of carboxylic acids is 1. The van der Waals surface area contributed by atoms with Gasteiger partial charge in [-0.05, 0) is 42.0 Å². The molecule has 8 heteroatoms. The monoisotopic (exact) mass is 480 g/mol. The molecule has 0 aromatic heterocycles. The first-order valence-electron chi connectivity index (χ1n) is 11.6. The summed E-state index contributed by atoms with van der Waals surface area (Å²) in [6.07, 6.45) is 1.51. The number of hydrogen-bond donors (Lipinski definition) is 2. The van der Waals surface area contributed by atoms with Gasteiger partial charge in [0.1, 0.15) is 12.6 Å². The van der Waals surface area contributed by atoms with E-state index in [4.69, 9.17) is 4.74 Å². The standard InChI is InChI=1S/C26H28N2O5S/c1-26(24(31)28-15-34-14-21(28)23(29)30)12-6-11-22(26)27-25(32)33-13-20-18-9-4-2-7-16(18)17-8-3-5-10-19(17)20/h2-5,7-10,20-22H,6,11-15H2,1H3,(H,27,32)(H,29,30). The van der Waals surface area contributed by atoms with Crippen molar-refractivity contribution in [3.05, 3.63) is 59.7 Å². The molecule has 0 bridgehead atoms. The summed E-state index contributed by atoms with van der Waals surface area (Å²) in [6, 6.07) is 15.1. The van der Waals surface area contributed by atoms with Crippen LogP contribution >= 0.6 is 11.8 Å². The minimum absolute atomic E-state index is 0.0345. The van der Waals surface area contributed by atoms with Gasteiger partial charge in [0.2, 0.25) is 5.91 Å². The van der Waals surface area contributed by atoms with E-state index in [0.29, 0.717) is 24.5 Å². The van der Waals surface area contributed by atoms with E-state index in [2.05, 4.69) is 29.6 Å². The summed E-state index contributed by atoms with van der Waals surface area (Å²) in [5, 5.41) is 12.4. The Bertz CT molecular complexity index is 1090. The van der Waals surface area contributed by atoms with Crippen LogP contribution in [0.1, 0.15) is 43.2 Å². The lowest BCUT2D eigenvalue weighted by atomic mass is 9.83. The zero-order valence-electron chi connectivity index (χ0n) is 19.0. The number of hydrogen-bond acceptors (Lipinski definition) is 5. The fraction of sp³-hybridized carbons (Fsp3) is 0.423. The van der Waals surface area contributed by atoms with Crippen LogP contribution in [0, 0.1) is 5.41 Å². The van der Waals surface area contributed by atoms with E-state index in [1.807, 2.05) is 31.2 Å². The Morgan fingerprint density at radius 3 is 2.41 bits per heavy atom. The van der Waals surface area contributed by atoms with Gasteiger partial charge in [-0.15, -0.1) is 11.8 Å². The molecule has 2 aromatic carbocycles. The maximum absolute atomic E-state index is 13.4. The van der Waals surface area contributed by atoms with Crippen molar-refractivity contribution >= 4 is 29.7 Å². The molecule has 0 radical (unpaired) electrons. The number of nitrogens with zero attached hydrogens (tertiary/aromatic N) is 1. The summed E-state index contributed by atoms with van der Waals surface area (Å²) >= 11 is 1.44. The fourth-order valence-electron chi connectivity index (χ4n) is 5.61. The summed E-state index contributed by atoms with van der Waals surface area (Å²) < 4.78 is 5.69. The molecule has 2 aromatic rings. The summed E-state index contributed by atoms with van der Waals surface area (Å²) in [5.41, 5.74) is 3.77. The van der Waals surface area contributed by atoms with Gasteiger partial charge >= 0.3 is 12.1 Å². The van der Waals surface area contributed by atoms with Crippen molar-refractivity contribution in [2.75, 3.05) is 18.2 Å². The van der Waals surface area contributed by atoms with Gasteiger partial charge in [0, 0.05) is 17.7 Å². The van der Waals surface area contributed by atoms with E-state index in [0.717, 1.165) is 28.7 Å². The van der Waals surface area contributed by atoms with E-state index in [-0.39, 0.29) is 18.4 Å². The van der Waals surface area contributed by atoms with E-state index in [1.54, 1.807) is 0 Å². The number of carbonyl (C=O) groups is 3. The number of alkyl carbamates (subject to hydrolysis) is 1. The minimum atomic E-state index is -0.985. The summed E-state index contributed by atoms with van der Waals surface area (Å²) in [6.45, 7) is 2.04. The van der Waals surface area contributed by atoms with Crippen LogP contribution in [-0.4, -0.2) is 58.3 Å². The molecule has 2 fully saturated rings. The predicted octanol–water partition coefficient (Wildman–Crippen LogP) is 4.07. The van der Waals surface area contributed by atoms with Gasteiger partial charge in [-0.2, -0.15) is 0 Å². The molecular weight excluding hydrogens is 452 g/mol. The van der Waals surface area contributed by atoms with Crippen LogP contribution in [-0.2, 0) is 14.3 Å². The quantitative estimate of drug-likeness (QED) is 0.670. The Morgan fingerprint density at radius 2 is 1.76 bits per heavy atom. The van der Waals surface area contributed by atoms with Crippen molar-refractivity contribution < 1.29 is 24.2 Å². The smallest absolute Gasteiger partial charge is 0.407 e. The zero-order valence-corrected chi connectivity index (χ0v) is 19.8. The Hall–Kier alpha value is -3.00. The van der Waals surface area contributed by atoms with Gasteiger partial charge in [-0.1, -0.05) is 55.0 Å². The van der Waals surface area contributed by atoms with Crippen molar-refractivity contribution in [2.24, 2.45) is 5.41 Å². The molecule has 3 atom stereocenters. The lowest BCUT2D eigenvalue weighted by Crippen LogP contribution is -2.54. The molecule has 3 aliphatic rings. The number of ether oxygens (including phenoxy) is 1. The highest BCUT2D eigenvalue weighted by molar-refractivity contribution is 7.99. The lowest BCUT2D eigenvalue weighted by molar-refractivity contribution is -0.152. The molecule has 1 saturated heterocycles. The number of rotatable bonds is 5. The first-order valence-corrected chi connectivity index (χ1v) is 12.8. The number of fused-ring (bicyclic) bond motifs is 3. The highest BCUT2D eigenvalue weighted by atomic mass is 32.2. The maximum atomic E-state index is 13.4. The largest absolute Gasteiger partial charge is 0.480 e. The molecule has 5 rings (SSSR count). The third-order valence-corrected chi connectivity index (χ3v) is 8.52. The number of thioether (sulfide) groups is 1. The van der Waals surface area contributed by atoms with Crippen LogP contribution < -0.4 is 5.32 Å². The normalized spacial score (nSPS) is 25.6. The van der Waals surface area contributed by atoms with Crippen molar-refractivity contribution in [1.82, 2.24) is 10.2 Å². The molecule has 7 nitrogen and oxygen atoms in total. The number of nitrogens with one attached hydrogen (secondary N) is 1. The number of aliphatic carboxylic acids is 1. The molecule has 1 aliphatic heterocycles. The van der Waals surface area contributed by atoms with Crippen LogP contribution in [0.5, 0.6) is 0 Å². The number of carbonyl (C=O) groups excluding carboxylic acids is 2. The fourth-order valence-corrected chi connectivity index (χ4v) is 6.76. The van der Waals surface area contributed by atoms with E-state index in [1.165, 1.54) is 16.7 Å². The first-order chi connectivity index (χ1) is 16.4. The van der Waals surface area contributed by atoms with Crippen LogP contribution in [0.4, 0.5) is 4.79 Å². The second kappa shape index (κ2) is 8.98. The lowest BCUT2D eigenvalue weighted by Gasteiger charge is -2.35. The topological polar surface area (TPSA) is 95.9 Å². The zero-order chi connectivity index (χ0) is 23.9. The van der Waals surface area contributed by atoms with Gasteiger partial charge < -0.3 is 20.1 Å². The maximum Gasteiger partial charge on any atom is 0.407 e. The van der Waals surface area contributed by atoms with Crippen molar-refractivity contribution in [3.63, 3.8) is 0 Å². The molecule has 34 heavy (non-hydrogen) atoms. The van der Waals surface area contributed by atoms with E-state index in [9.17, 15) is 19.5 Å². The molecule has 178 valence electrons. The van der Waals surface area contributed by atoms with Crippen LogP contribution in [0.3, 0.4) is 0 Å². The van der Waals surface area contributed by atoms with Gasteiger partial charge in [0.05, 0.1) is 11.3 Å². The van der Waals surface area contributed by atoms with Crippen LogP contribution in [0.2, 0.25) is 0 Å². The number of benzene rings is 2. The Kier molecular flexibility index (Phi) is 6.02. The second-order valence-electron chi connectivity index (χ2n) is 9.46. The van der Waals surface area contributed by atoms with Crippen LogP contribution in [0.25, 0.3) is 11.1 Å². The Labute approximate surface area is 202 Å². The summed E-state index contributed by atoms with van der Waals surface area (Å²) in [5.74, 6) is -0.468. The van der Waals surface area contributed by atoms with Gasteiger partial charge in [0.25, 0.3) is 0 Å². The molecule has 2 amide bonds. The average molecular weight is 481 g/mol. The molecule has 0 spiro atoms. The molecule has 1 heterocycles. The van der Waals surface area contributed by atoms with E-state index >= 15 is 0 Å². The molecule has 3 unspecified atom stereocenters. The third-order valence-electron chi connectivity index (χ3n) is 7.51. The third kappa shape index (κ3) is 3.83. The summed E-state index contributed by atoms with van der Waals surface area (Å²) in [7, 11) is 0. The van der Waals surface area contributed by atoms with Crippen molar-refractivity contribution in [1.29, 1.82) is 0 Å².